The first-order chi connectivity index (χ1) is 28.4. The molecular weight excluding hydrogens is 719 g/mol. The van der Waals surface area contributed by atoms with Crippen LogP contribution < -0.4 is 10.6 Å². The molecular formula is C51H101N3O4. The molecule has 2 N–H and O–H groups in total. The molecule has 0 aromatic carbocycles. The molecule has 1 unspecified atom stereocenters. The van der Waals surface area contributed by atoms with E-state index in [4.69, 9.17) is 9.47 Å². The van der Waals surface area contributed by atoms with Crippen molar-refractivity contribution in [2.24, 2.45) is 0 Å². The molecule has 0 radical (unpaired) electrons. The third-order valence-electron chi connectivity index (χ3n) is 11.8. The van der Waals surface area contributed by atoms with Gasteiger partial charge in [0.1, 0.15) is 12.2 Å². The number of nitrogens with zero attached hydrogens (tertiary/aromatic N) is 1. The summed E-state index contributed by atoms with van der Waals surface area (Å²) in [5.41, 5.74) is 0. The van der Waals surface area contributed by atoms with Crippen molar-refractivity contribution >= 4 is 11.9 Å². The number of rotatable bonds is 47. The summed E-state index contributed by atoms with van der Waals surface area (Å²) in [4.78, 5) is 28.1. The number of carbonyl (C=O) groups is 2. The monoisotopic (exact) mass is 820 g/mol. The molecule has 7 nitrogen and oxygen atoms in total. The zero-order valence-corrected chi connectivity index (χ0v) is 39.7. The van der Waals surface area contributed by atoms with Gasteiger partial charge in [0.2, 0.25) is 0 Å². The summed E-state index contributed by atoms with van der Waals surface area (Å²) in [5, 5.41) is 6.44. The van der Waals surface area contributed by atoms with E-state index >= 15 is 0 Å². The smallest absolute Gasteiger partial charge is 0.306 e. The van der Waals surface area contributed by atoms with Crippen LogP contribution in [-0.4, -0.2) is 62.3 Å². The Balaban J connectivity index is 4.43. The molecule has 0 aromatic heterocycles. The molecule has 1 atom stereocenters. The van der Waals surface area contributed by atoms with Gasteiger partial charge in [-0.1, -0.05) is 176 Å². The van der Waals surface area contributed by atoms with Gasteiger partial charge in [-0.15, -0.1) is 0 Å². The third kappa shape index (κ3) is 39.7. The Labute approximate surface area is 362 Å². The van der Waals surface area contributed by atoms with E-state index in [2.05, 4.69) is 49.8 Å². The van der Waals surface area contributed by atoms with Gasteiger partial charge in [0.15, 0.2) is 0 Å². The van der Waals surface area contributed by atoms with Crippen LogP contribution in [0.5, 0.6) is 0 Å². The summed E-state index contributed by atoms with van der Waals surface area (Å²) < 4.78 is 12.0. The van der Waals surface area contributed by atoms with Crippen LogP contribution in [0.2, 0.25) is 0 Å². The van der Waals surface area contributed by atoms with Crippen LogP contribution in [0, 0.1) is 0 Å². The molecule has 0 heterocycles. The molecule has 0 spiro atoms. The number of esters is 2. The van der Waals surface area contributed by atoms with Gasteiger partial charge in [-0.2, -0.15) is 0 Å². The molecule has 0 rings (SSSR count). The fourth-order valence-corrected chi connectivity index (χ4v) is 8.03. The van der Waals surface area contributed by atoms with Gasteiger partial charge < -0.3 is 25.0 Å². The van der Waals surface area contributed by atoms with Gasteiger partial charge in [-0.3, -0.25) is 9.59 Å². The van der Waals surface area contributed by atoms with Crippen molar-refractivity contribution in [1.29, 1.82) is 0 Å². The van der Waals surface area contributed by atoms with E-state index in [0.29, 0.717) is 12.8 Å². The molecule has 0 aromatic rings. The maximum atomic E-state index is 12.8. The summed E-state index contributed by atoms with van der Waals surface area (Å²) in [6.45, 7) is 17.3. The predicted molar refractivity (Wildman–Crippen MR) is 251 cm³/mol. The molecule has 0 fully saturated rings. The second kappa shape index (κ2) is 44.8. The quantitative estimate of drug-likeness (QED) is 0.0467. The molecule has 0 bridgehead atoms. The van der Waals surface area contributed by atoms with E-state index in [1.165, 1.54) is 154 Å². The van der Waals surface area contributed by atoms with Crippen molar-refractivity contribution < 1.29 is 19.1 Å². The maximum absolute atomic E-state index is 12.8. The molecule has 7 heteroatoms. The van der Waals surface area contributed by atoms with Gasteiger partial charge in [0.05, 0.1) is 5.82 Å². The zero-order valence-electron chi connectivity index (χ0n) is 39.7. The van der Waals surface area contributed by atoms with E-state index in [1.54, 1.807) is 0 Å². The number of hydrogen-bond acceptors (Lipinski definition) is 7. The van der Waals surface area contributed by atoms with Crippen LogP contribution in [0.1, 0.15) is 259 Å². The molecule has 0 aliphatic carbocycles. The molecule has 0 saturated heterocycles. The zero-order chi connectivity index (χ0) is 42.6. The van der Waals surface area contributed by atoms with E-state index < -0.39 is 0 Å². The number of unbranched alkanes of at least 4 members (excludes halogenated alkanes) is 23. The van der Waals surface area contributed by atoms with Crippen molar-refractivity contribution in [3.63, 3.8) is 0 Å². The van der Waals surface area contributed by atoms with Gasteiger partial charge in [-0.05, 0) is 96.7 Å². The first kappa shape index (κ1) is 56.2. The van der Waals surface area contributed by atoms with Crippen molar-refractivity contribution in [3.05, 3.63) is 12.4 Å². The Morgan fingerprint density at radius 2 is 0.793 bits per heavy atom. The highest BCUT2D eigenvalue weighted by Gasteiger charge is 2.15. The Morgan fingerprint density at radius 1 is 0.448 bits per heavy atom. The van der Waals surface area contributed by atoms with E-state index in [1.807, 2.05) is 7.05 Å². The first-order valence-electron chi connectivity index (χ1n) is 25.6. The Bertz CT molecular complexity index is 883. The van der Waals surface area contributed by atoms with E-state index in [0.717, 1.165) is 96.2 Å². The van der Waals surface area contributed by atoms with Crippen LogP contribution in [0.4, 0.5) is 0 Å². The fraction of sp³-hybridized carbons (Fsp3) is 0.922. The van der Waals surface area contributed by atoms with E-state index in [-0.39, 0.29) is 24.1 Å². The average Bonchev–Trinajstić information content (AvgIpc) is 3.21. The lowest BCUT2D eigenvalue weighted by atomic mass is 10.0. The predicted octanol–water partition coefficient (Wildman–Crippen LogP) is 14.5. The van der Waals surface area contributed by atoms with Gasteiger partial charge in [0, 0.05) is 26.4 Å². The summed E-state index contributed by atoms with van der Waals surface area (Å²) in [5.74, 6) is 0.919. The second-order valence-electron chi connectivity index (χ2n) is 17.6. The molecule has 0 amide bonds. The molecule has 344 valence electrons. The summed E-state index contributed by atoms with van der Waals surface area (Å²) in [6.07, 6.45) is 42.1. The van der Waals surface area contributed by atoms with Crippen molar-refractivity contribution in [2.45, 2.75) is 271 Å². The first-order valence-corrected chi connectivity index (χ1v) is 25.6. The molecule has 0 aliphatic rings. The largest absolute Gasteiger partial charge is 0.462 e. The normalized spacial score (nSPS) is 12.0. The third-order valence-corrected chi connectivity index (χ3v) is 11.8. The van der Waals surface area contributed by atoms with Gasteiger partial charge in [0.25, 0.3) is 0 Å². The molecule has 58 heavy (non-hydrogen) atoms. The highest BCUT2D eigenvalue weighted by Crippen LogP contribution is 2.19. The second-order valence-corrected chi connectivity index (χ2v) is 17.6. The lowest BCUT2D eigenvalue weighted by Gasteiger charge is -2.23. The average molecular weight is 820 g/mol. The van der Waals surface area contributed by atoms with Crippen LogP contribution in [0.25, 0.3) is 0 Å². The highest BCUT2D eigenvalue weighted by molar-refractivity contribution is 5.69. The minimum atomic E-state index is 0.0105. The van der Waals surface area contributed by atoms with Crippen LogP contribution in [0.3, 0.4) is 0 Å². The highest BCUT2D eigenvalue weighted by atomic mass is 16.5. The fourth-order valence-electron chi connectivity index (χ4n) is 8.03. The topological polar surface area (TPSA) is 79.9 Å². The number of carbonyl (C=O) groups excluding carboxylic acids is 2. The minimum Gasteiger partial charge on any atom is -0.462 e. The van der Waals surface area contributed by atoms with Crippen molar-refractivity contribution in [3.8, 4) is 0 Å². The summed E-state index contributed by atoms with van der Waals surface area (Å²) >= 11 is 0. The van der Waals surface area contributed by atoms with Crippen molar-refractivity contribution in [1.82, 2.24) is 15.5 Å². The van der Waals surface area contributed by atoms with E-state index in [9.17, 15) is 9.59 Å². The number of nitrogens with one attached hydrogen (secondary N) is 2. The maximum Gasteiger partial charge on any atom is 0.306 e. The Kier molecular flexibility index (Phi) is 43.4. The minimum absolute atomic E-state index is 0.0105. The lowest BCUT2D eigenvalue weighted by Crippen LogP contribution is -2.30. The van der Waals surface area contributed by atoms with Crippen LogP contribution in [0.15, 0.2) is 12.4 Å². The van der Waals surface area contributed by atoms with Crippen LogP contribution in [-0.2, 0) is 19.1 Å². The summed E-state index contributed by atoms with van der Waals surface area (Å²) in [6, 6.07) is 0. The van der Waals surface area contributed by atoms with Crippen LogP contribution >= 0.6 is 0 Å². The van der Waals surface area contributed by atoms with Gasteiger partial charge >= 0.3 is 11.9 Å². The Hall–Kier alpha value is -1.76. The number of hydrogen-bond donors (Lipinski definition) is 2. The van der Waals surface area contributed by atoms with Crippen molar-refractivity contribution in [2.75, 3.05) is 33.2 Å². The van der Waals surface area contributed by atoms with Gasteiger partial charge in [-0.25, -0.2) is 0 Å². The summed E-state index contributed by atoms with van der Waals surface area (Å²) in [7, 11) is 1.90. The number of ether oxygens (including phenoxy) is 2. The molecule has 0 aliphatic heterocycles. The molecule has 0 saturated carbocycles. The lowest BCUT2D eigenvalue weighted by molar-refractivity contribution is -0.151. The standard InChI is InChI=1S/C51H101N3O4/c1-7-11-14-17-22-29-38-48(37-10-4)57-50(55)41-32-25-20-27-34-44-54(46-36-43-53-47(5)52-6)45-35-28-21-26-33-42-51(56)58-49(39-30-23-18-15-12-8-2)40-31-24-19-16-13-9-3/h48-49,52-53H,5,7-46H2,1-4,6H3. The SMILES string of the molecule is C=C(NC)NCCCN(CCCCCCCC(=O)OC(CCC)CCCCCCCC)CCCCCCCC(=O)OC(CCCCCCCC)CCCCCCCC. The Morgan fingerprint density at radius 3 is 1.19 bits per heavy atom.